The molecule has 2 aromatic rings. The summed E-state index contributed by atoms with van der Waals surface area (Å²) in [7, 11) is 4.83. The summed E-state index contributed by atoms with van der Waals surface area (Å²) >= 11 is 0. The first-order chi connectivity index (χ1) is 13.5. The van der Waals surface area contributed by atoms with E-state index in [1.165, 1.54) is 6.33 Å². The lowest BCUT2D eigenvalue weighted by atomic mass is 10.1. The average Bonchev–Trinajstić information content (AvgIpc) is 2.97. The summed E-state index contributed by atoms with van der Waals surface area (Å²) in [5.41, 5.74) is 7.93. The molecular formula is C20H28N5O3+. The quantitative estimate of drug-likeness (QED) is 0.698. The fraction of sp³-hybridized carbons (Fsp3) is 0.450. The van der Waals surface area contributed by atoms with Gasteiger partial charge in [0.1, 0.15) is 13.0 Å². The van der Waals surface area contributed by atoms with Crippen molar-refractivity contribution in [1.29, 1.82) is 0 Å². The van der Waals surface area contributed by atoms with Gasteiger partial charge < -0.3 is 19.9 Å². The van der Waals surface area contributed by atoms with Crippen LogP contribution in [0.4, 0.5) is 17.3 Å². The molecule has 1 aromatic carbocycles. The van der Waals surface area contributed by atoms with Crippen molar-refractivity contribution in [3.63, 3.8) is 0 Å². The predicted molar refractivity (Wildman–Crippen MR) is 109 cm³/mol. The third-order valence-electron chi connectivity index (χ3n) is 5.01. The maximum Gasteiger partial charge on any atom is 0.292 e. The number of unbranched alkanes of at least 4 members (excludes halogenated alkanes) is 1. The van der Waals surface area contributed by atoms with Crippen molar-refractivity contribution in [3.05, 3.63) is 24.0 Å². The number of rotatable bonds is 8. The van der Waals surface area contributed by atoms with Gasteiger partial charge in [-0.25, -0.2) is 9.97 Å². The molecule has 1 atom stereocenters. The minimum atomic E-state index is -0.0386. The molecule has 1 aliphatic heterocycles. The summed E-state index contributed by atoms with van der Waals surface area (Å²) in [6, 6.07) is 3.93. The zero-order chi connectivity index (χ0) is 20.3. The summed E-state index contributed by atoms with van der Waals surface area (Å²) in [6.07, 6.45) is 4.27. The lowest BCUT2D eigenvalue weighted by Crippen LogP contribution is -2.39. The molecule has 2 heterocycles. The van der Waals surface area contributed by atoms with Crippen LogP contribution in [0.5, 0.6) is 17.2 Å². The minimum Gasteiger partial charge on any atom is -0.493 e. The van der Waals surface area contributed by atoms with Gasteiger partial charge in [0.15, 0.2) is 11.5 Å². The number of methoxy groups -OCH3 is 3. The van der Waals surface area contributed by atoms with Crippen LogP contribution in [0.1, 0.15) is 25.3 Å². The van der Waals surface area contributed by atoms with Gasteiger partial charge in [-0.1, -0.05) is 13.3 Å². The Morgan fingerprint density at radius 1 is 1.14 bits per heavy atom. The Hall–Kier alpha value is -3.03. The topological polar surface area (TPSA) is 85.7 Å². The zero-order valence-electron chi connectivity index (χ0n) is 16.9. The van der Waals surface area contributed by atoms with E-state index in [9.17, 15) is 0 Å². The van der Waals surface area contributed by atoms with Crippen LogP contribution >= 0.6 is 0 Å². The van der Waals surface area contributed by atoms with Crippen LogP contribution in [0.25, 0.3) is 0 Å². The summed E-state index contributed by atoms with van der Waals surface area (Å²) in [5, 5.41) is 0. The van der Waals surface area contributed by atoms with E-state index in [4.69, 9.17) is 19.9 Å². The van der Waals surface area contributed by atoms with Crippen LogP contribution in [0, 0.1) is 0 Å². The first-order valence-electron chi connectivity index (χ1n) is 9.31. The van der Waals surface area contributed by atoms with Gasteiger partial charge in [-0.15, -0.1) is 0 Å². The van der Waals surface area contributed by atoms with Crippen molar-refractivity contribution in [2.24, 2.45) is 0 Å². The van der Waals surface area contributed by atoms with E-state index in [2.05, 4.69) is 28.5 Å². The molecule has 0 fully saturated rings. The van der Waals surface area contributed by atoms with Crippen molar-refractivity contribution in [2.75, 3.05) is 38.5 Å². The van der Waals surface area contributed by atoms with E-state index < -0.39 is 0 Å². The Kier molecular flexibility index (Phi) is 5.87. The smallest absolute Gasteiger partial charge is 0.292 e. The highest BCUT2D eigenvalue weighted by atomic mass is 16.5. The standard InChI is InChI=1S/C20H28N5O3/c1-6-7-8-25-16(24(2)17-19(21)22-12-23-20(17)25)11-13-9-14(26-3)18(28-5)15(10-13)27-4/h9-10,12,16H,2,6-8,11H2,1,3-5H3,(H2,21,22,23)/q+1. The molecule has 150 valence electrons. The van der Waals surface area contributed by atoms with Crippen LogP contribution in [0.15, 0.2) is 18.5 Å². The Bertz CT molecular complexity index is 846. The van der Waals surface area contributed by atoms with Gasteiger partial charge in [0.2, 0.25) is 23.6 Å². The molecule has 0 saturated carbocycles. The maximum atomic E-state index is 6.12. The van der Waals surface area contributed by atoms with Crippen LogP contribution < -0.4 is 24.8 Å². The monoisotopic (exact) mass is 386 g/mol. The summed E-state index contributed by atoms with van der Waals surface area (Å²) in [6.45, 7) is 7.27. The first kappa shape index (κ1) is 19.7. The molecule has 0 aliphatic carbocycles. The van der Waals surface area contributed by atoms with Crippen molar-refractivity contribution >= 4 is 24.0 Å². The molecule has 8 nitrogen and oxygen atoms in total. The highest BCUT2D eigenvalue weighted by Gasteiger charge is 2.43. The summed E-state index contributed by atoms with van der Waals surface area (Å²) in [5.74, 6) is 3.10. The van der Waals surface area contributed by atoms with E-state index in [1.807, 2.05) is 16.7 Å². The summed E-state index contributed by atoms with van der Waals surface area (Å²) in [4.78, 5) is 10.9. The largest absolute Gasteiger partial charge is 0.493 e. The Morgan fingerprint density at radius 2 is 1.82 bits per heavy atom. The Balaban J connectivity index is 1.99. The van der Waals surface area contributed by atoms with Gasteiger partial charge in [0.05, 0.1) is 27.8 Å². The molecule has 0 spiro atoms. The molecule has 8 heteroatoms. The fourth-order valence-electron chi connectivity index (χ4n) is 3.59. The lowest BCUT2D eigenvalue weighted by molar-refractivity contribution is -0.464. The fourth-order valence-corrected chi connectivity index (χ4v) is 3.59. The number of benzene rings is 1. The normalized spacial score (nSPS) is 15.5. The second-order valence-corrected chi connectivity index (χ2v) is 6.67. The van der Waals surface area contributed by atoms with Gasteiger partial charge >= 0.3 is 0 Å². The third-order valence-corrected chi connectivity index (χ3v) is 5.01. The number of ether oxygens (including phenoxy) is 3. The van der Waals surface area contributed by atoms with Gasteiger partial charge in [0.25, 0.3) is 5.69 Å². The summed E-state index contributed by atoms with van der Waals surface area (Å²) < 4.78 is 18.3. The Labute approximate surface area is 165 Å². The Morgan fingerprint density at radius 3 is 2.39 bits per heavy atom. The minimum absolute atomic E-state index is 0.0386. The molecular weight excluding hydrogens is 358 g/mol. The predicted octanol–water partition coefficient (Wildman–Crippen LogP) is 2.62. The molecule has 3 rings (SSSR count). The van der Waals surface area contributed by atoms with Crippen LogP contribution in [-0.2, 0) is 6.42 Å². The molecule has 0 amide bonds. The highest BCUT2D eigenvalue weighted by molar-refractivity contribution is 5.72. The van der Waals surface area contributed by atoms with Crippen LogP contribution in [0.3, 0.4) is 0 Å². The van der Waals surface area contributed by atoms with E-state index in [-0.39, 0.29) is 6.17 Å². The number of fused-ring (bicyclic) bond motifs is 1. The maximum absolute atomic E-state index is 6.12. The number of nitrogens with zero attached hydrogens (tertiary/aromatic N) is 4. The molecule has 28 heavy (non-hydrogen) atoms. The third kappa shape index (κ3) is 3.42. The number of nitrogen functional groups attached to an aromatic ring is 1. The lowest BCUT2D eigenvalue weighted by Gasteiger charge is -2.22. The molecule has 1 aromatic heterocycles. The first-order valence-corrected chi connectivity index (χ1v) is 9.31. The molecule has 1 aliphatic rings. The van der Waals surface area contributed by atoms with Gasteiger partial charge in [0, 0.05) is 6.54 Å². The van der Waals surface area contributed by atoms with Crippen molar-refractivity contribution in [1.82, 2.24) is 9.97 Å². The van der Waals surface area contributed by atoms with Crippen LogP contribution in [-0.4, -0.2) is 55.3 Å². The van der Waals surface area contributed by atoms with E-state index in [0.29, 0.717) is 29.5 Å². The molecule has 0 saturated heterocycles. The van der Waals surface area contributed by atoms with Gasteiger partial charge in [-0.3, -0.25) is 4.90 Å². The van der Waals surface area contributed by atoms with Crippen molar-refractivity contribution in [2.45, 2.75) is 32.4 Å². The number of nitrogens with two attached hydrogens (primary N) is 1. The van der Waals surface area contributed by atoms with Gasteiger partial charge in [-0.05, 0) is 24.1 Å². The number of hydrogen-bond acceptors (Lipinski definition) is 7. The van der Waals surface area contributed by atoms with Crippen molar-refractivity contribution in [3.8, 4) is 17.2 Å². The van der Waals surface area contributed by atoms with E-state index >= 15 is 0 Å². The molecule has 1 unspecified atom stereocenters. The van der Waals surface area contributed by atoms with Gasteiger partial charge in [-0.2, -0.15) is 4.58 Å². The SMILES string of the molecule is C=[N+]1c2c(N)ncnc2N(CCCC)C1Cc1cc(OC)c(OC)c(OC)c1. The zero-order valence-corrected chi connectivity index (χ0v) is 16.9. The second-order valence-electron chi connectivity index (χ2n) is 6.67. The molecule has 0 bridgehead atoms. The highest BCUT2D eigenvalue weighted by Crippen LogP contribution is 2.42. The average molecular weight is 386 g/mol. The molecule has 2 N–H and O–H groups in total. The number of anilines is 2. The van der Waals surface area contributed by atoms with E-state index in [1.54, 1.807) is 21.3 Å². The second kappa shape index (κ2) is 8.33. The molecule has 0 radical (unpaired) electrons. The van der Waals surface area contributed by atoms with Crippen molar-refractivity contribution < 1.29 is 18.8 Å². The van der Waals surface area contributed by atoms with Crippen LogP contribution in [0.2, 0.25) is 0 Å². The number of aromatic nitrogens is 2. The van der Waals surface area contributed by atoms with E-state index in [0.717, 1.165) is 36.5 Å². The number of hydrogen-bond donors (Lipinski definition) is 1.